The molecular weight excluding hydrogens is 238 g/mol. The molecule has 2 rings (SSSR count). The van der Waals surface area contributed by atoms with Crippen LogP contribution in [0.1, 0.15) is 25.3 Å². The van der Waals surface area contributed by atoms with Gasteiger partial charge in [-0.15, -0.1) is 0 Å². The smallest absolute Gasteiger partial charge is 0.220 e. The summed E-state index contributed by atoms with van der Waals surface area (Å²) in [6.07, 6.45) is 1.74. The fraction of sp³-hybridized carbons (Fsp3) is 0.533. The van der Waals surface area contributed by atoms with Crippen LogP contribution in [-0.2, 0) is 11.3 Å². The Labute approximate surface area is 115 Å². The number of rotatable bonds is 5. The number of hydrogen-bond donors (Lipinski definition) is 2. The van der Waals surface area contributed by atoms with Crippen molar-refractivity contribution in [1.29, 1.82) is 0 Å². The minimum Gasteiger partial charge on any atom is -0.371 e. The largest absolute Gasteiger partial charge is 0.371 e. The van der Waals surface area contributed by atoms with E-state index in [4.69, 9.17) is 5.73 Å². The van der Waals surface area contributed by atoms with E-state index >= 15 is 0 Å². The molecule has 0 spiro atoms. The highest BCUT2D eigenvalue weighted by Gasteiger charge is 2.22. The summed E-state index contributed by atoms with van der Waals surface area (Å²) < 4.78 is 0. The second-order valence-corrected chi connectivity index (χ2v) is 5.11. The molecule has 1 aliphatic heterocycles. The lowest BCUT2D eigenvalue weighted by Gasteiger charge is -2.32. The number of carbonyl (C=O) groups excluding carboxylic acids is 1. The van der Waals surface area contributed by atoms with Crippen LogP contribution in [0.25, 0.3) is 0 Å². The van der Waals surface area contributed by atoms with Crippen LogP contribution >= 0.6 is 0 Å². The summed E-state index contributed by atoms with van der Waals surface area (Å²) in [6, 6.07) is 8.66. The molecule has 0 aliphatic carbocycles. The number of anilines is 1. The minimum atomic E-state index is -0.152. The molecule has 1 saturated heterocycles. The van der Waals surface area contributed by atoms with E-state index in [2.05, 4.69) is 41.4 Å². The molecule has 1 fully saturated rings. The van der Waals surface area contributed by atoms with Gasteiger partial charge in [0.25, 0.3) is 0 Å². The predicted octanol–water partition coefficient (Wildman–Crippen LogP) is 1.50. The summed E-state index contributed by atoms with van der Waals surface area (Å²) in [6.45, 7) is 5.85. The highest BCUT2D eigenvalue weighted by molar-refractivity contribution is 5.77. The number of nitrogens with zero attached hydrogens (tertiary/aromatic N) is 1. The Balaban J connectivity index is 1.90. The lowest BCUT2D eigenvalue weighted by molar-refractivity contribution is -0.122. The summed E-state index contributed by atoms with van der Waals surface area (Å²) in [5.41, 5.74) is 7.90. The second kappa shape index (κ2) is 6.57. The number of piperidine rings is 1. The first kappa shape index (κ1) is 13.9. The van der Waals surface area contributed by atoms with Crippen LogP contribution < -0.4 is 16.0 Å². The molecule has 19 heavy (non-hydrogen) atoms. The van der Waals surface area contributed by atoms with E-state index in [0.717, 1.165) is 39.0 Å². The van der Waals surface area contributed by atoms with Crippen molar-refractivity contribution in [3.63, 3.8) is 0 Å². The third-order valence-corrected chi connectivity index (χ3v) is 3.78. The van der Waals surface area contributed by atoms with Crippen LogP contribution in [0.5, 0.6) is 0 Å². The van der Waals surface area contributed by atoms with E-state index in [1.165, 1.54) is 11.3 Å². The summed E-state index contributed by atoms with van der Waals surface area (Å²) in [7, 11) is 0. The summed E-state index contributed by atoms with van der Waals surface area (Å²) in [5, 5.41) is 3.32. The molecule has 1 aromatic rings. The van der Waals surface area contributed by atoms with E-state index in [-0.39, 0.29) is 11.8 Å². The SMILES string of the molecule is CCNCc1ccc(N2CCC(C(N)=O)CC2)cc1. The van der Waals surface area contributed by atoms with Crippen molar-refractivity contribution >= 4 is 11.6 Å². The Morgan fingerprint density at radius 3 is 2.47 bits per heavy atom. The van der Waals surface area contributed by atoms with Gasteiger partial charge < -0.3 is 16.0 Å². The van der Waals surface area contributed by atoms with Gasteiger partial charge in [-0.1, -0.05) is 19.1 Å². The fourth-order valence-electron chi connectivity index (χ4n) is 2.52. The van der Waals surface area contributed by atoms with Crippen molar-refractivity contribution in [3.05, 3.63) is 29.8 Å². The molecule has 104 valence electrons. The van der Waals surface area contributed by atoms with Crippen molar-refractivity contribution in [2.75, 3.05) is 24.5 Å². The monoisotopic (exact) mass is 261 g/mol. The molecule has 1 heterocycles. The zero-order valence-electron chi connectivity index (χ0n) is 11.6. The van der Waals surface area contributed by atoms with Gasteiger partial charge in [0.15, 0.2) is 0 Å². The van der Waals surface area contributed by atoms with Gasteiger partial charge in [-0.2, -0.15) is 0 Å². The Morgan fingerprint density at radius 2 is 1.95 bits per heavy atom. The molecule has 1 aliphatic rings. The van der Waals surface area contributed by atoms with Crippen molar-refractivity contribution in [1.82, 2.24) is 5.32 Å². The number of carbonyl (C=O) groups is 1. The zero-order chi connectivity index (χ0) is 13.7. The summed E-state index contributed by atoms with van der Waals surface area (Å²) >= 11 is 0. The molecule has 0 atom stereocenters. The molecule has 1 aromatic carbocycles. The van der Waals surface area contributed by atoms with Crippen LogP contribution in [0.3, 0.4) is 0 Å². The maximum absolute atomic E-state index is 11.1. The van der Waals surface area contributed by atoms with Gasteiger partial charge in [-0.3, -0.25) is 4.79 Å². The standard InChI is InChI=1S/C15H23N3O/c1-2-17-11-12-3-5-14(6-4-12)18-9-7-13(8-10-18)15(16)19/h3-6,13,17H,2,7-11H2,1H3,(H2,16,19). The number of nitrogens with two attached hydrogens (primary N) is 1. The van der Waals surface area contributed by atoms with Crippen molar-refractivity contribution in [2.45, 2.75) is 26.3 Å². The van der Waals surface area contributed by atoms with Gasteiger partial charge in [0.2, 0.25) is 5.91 Å². The summed E-state index contributed by atoms with van der Waals surface area (Å²) in [5.74, 6) is -0.0927. The van der Waals surface area contributed by atoms with E-state index in [0.29, 0.717) is 0 Å². The van der Waals surface area contributed by atoms with Gasteiger partial charge in [0, 0.05) is 31.2 Å². The van der Waals surface area contributed by atoms with E-state index in [1.54, 1.807) is 0 Å². The van der Waals surface area contributed by atoms with Crippen LogP contribution in [0, 0.1) is 5.92 Å². The van der Waals surface area contributed by atoms with Crippen molar-refractivity contribution in [3.8, 4) is 0 Å². The predicted molar refractivity (Wildman–Crippen MR) is 78.0 cm³/mol. The molecule has 3 N–H and O–H groups in total. The topological polar surface area (TPSA) is 58.4 Å². The van der Waals surface area contributed by atoms with Crippen LogP contribution in [0.2, 0.25) is 0 Å². The third kappa shape index (κ3) is 3.70. The number of nitrogens with one attached hydrogen (secondary N) is 1. The normalized spacial score (nSPS) is 16.6. The van der Waals surface area contributed by atoms with Gasteiger partial charge >= 0.3 is 0 Å². The van der Waals surface area contributed by atoms with E-state index in [1.807, 2.05) is 0 Å². The first-order valence-electron chi connectivity index (χ1n) is 7.04. The number of primary amides is 1. The zero-order valence-corrected chi connectivity index (χ0v) is 11.6. The molecule has 0 unspecified atom stereocenters. The fourth-order valence-corrected chi connectivity index (χ4v) is 2.52. The van der Waals surface area contributed by atoms with Gasteiger partial charge in [0.1, 0.15) is 0 Å². The average molecular weight is 261 g/mol. The summed E-state index contributed by atoms with van der Waals surface area (Å²) in [4.78, 5) is 13.5. The lowest BCUT2D eigenvalue weighted by atomic mass is 9.96. The Morgan fingerprint density at radius 1 is 1.32 bits per heavy atom. The highest BCUT2D eigenvalue weighted by atomic mass is 16.1. The second-order valence-electron chi connectivity index (χ2n) is 5.11. The molecule has 1 amide bonds. The molecule has 4 nitrogen and oxygen atoms in total. The minimum absolute atomic E-state index is 0.0595. The number of amides is 1. The molecule has 0 bridgehead atoms. The van der Waals surface area contributed by atoms with E-state index in [9.17, 15) is 4.79 Å². The molecule has 0 radical (unpaired) electrons. The number of benzene rings is 1. The first-order chi connectivity index (χ1) is 9.20. The van der Waals surface area contributed by atoms with Gasteiger partial charge in [-0.25, -0.2) is 0 Å². The Kier molecular flexibility index (Phi) is 4.80. The van der Waals surface area contributed by atoms with Gasteiger partial charge in [-0.05, 0) is 37.1 Å². The van der Waals surface area contributed by atoms with E-state index < -0.39 is 0 Å². The van der Waals surface area contributed by atoms with Crippen LogP contribution in [-0.4, -0.2) is 25.5 Å². The van der Waals surface area contributed by atoms with Gasteiger partial charge in [0.05, 0.1) is 0 Å². The number of hydrogen-bond acceptors (Lipinski definition) is 3. The van der Waals surface area contributed by atoms with Crippen LogP contribution in [0.15, 0.2) is 24.3 Å². The average Bonchev–Trinajstić information content (AvgIpc) is 2.46. The highest BCUT2D eigenvalue weighted by Crippen LogP contribution is 2.23. The Bertz CT molecular complexity index is 408. The molecular formula is C15H23N3O. The lowest BCUT2D eigenvalue weighted by Crippen LogP contribution is -2.38. The molecule has 0 saturated carbocycles. The maximum atomic E-state index is 11.1. The van der Waals surface area contributed by atoms with Crippen molar-refractivity contribution in [2.24, 2.45) is 11.7 Å². The Hall–Kier alpha value is -1.55. The molecule has 4 heteroatoms. The third-order valence-electron chi connectivity index (χ3n) is 3.78. The first-order valence-corrected chi connectivity index (χ1v) is 7.04. The maximum Gasteiger partial charge on any atom is 0.220 e. The molecule has 0 aromatic heterocycles. The van der Waals surface area contributed by atoms with Crippen molar-refractivity contribution < 1.29 is 4.79 Å². The van der Waals surface area contributed by atoms with Crippen LogP contribution in [0.4, 0.5) is 5.69 Å². The quantitative estimate of drug-likeness (QED) is 0.844.